The fourth-order valence-electron chi connectivity index (χ4n) is 1.25. The summed E-state index contributed by atoms with van der Waals surface area (Å²) in [6.07, 6.45) is 1.52. The van der Waals surface area contributed by atoms with Crippen LogP contribution >= 0.6 is 12.6 Å². The lowest BCUT2D eigenvalue weighted by atomic mass is 10.2. The van der Waals surface area contributed by atoms with Gasteiger partial charge in [0, 0.05) is 12.1 Å². The lowest BCUT2D eigenvalue weighted by Gasteiger charge is -2.18. The molecule has 3 nitrogen and oxygen atoms in total. The van der Waals surface area contributed by atoms with Crippen molar-refractivity contribution in [2.24, 2.45) is 0 Å². The second-order valence-corrected chi connectivity index (χ2v) is 3.44. The van der Waals surface area contributed by atoms with E-state index in [2.05, 4.69) is 19.2 Å². The van der Waals surface area contributed by atoms with E-state index in [1.165, 1.54) is 6.08 Å². The monoisotopic (exact) mass is 235 g/mol. The minimum atomic E-state index is -0.322. The van der Waals surface area contributed by atoms with Crippen molar-refractivity contribution < 1.29 is 9.59 Å². The van der Waals surface area contributed by atoms with Crippen LogP contribution < -0.4 is 0 Å². The molecule has 0 heterocycles. The number of amides is 2. The zero-order valence-corrected chi connectivity index (χ0v) is 9.69. The molecule has 0 bridgehead atoms. The van der Waals surface area contributed by atoms with Crippen molar-refractivity contribution in [3.05, 3.63) is 48.6 Å². The van der Waals surface area contributed by atoms with Crippen LogP contribution in [0, 0.1) is 0 Å². The summed E-state index contributed by atoms with van der Waals surface area (Å²) in [7, 11) is 0. The first-order chi connectivity index (χ1) is 7.70. The predicted molar refractivity (Wildman–Crippen MR) is 66.5 cm³/mol. The number of carbonyl (C=O) groups is 2. The molecule has 0 aliphatic rings. The van der Waals surface area contributed by atoms with E-state index in [9.17, 15) is 9.59 Å². The first-order valence-electron chi connectivity index (χ1n) is 4.82. The first-order valence-corrected chi connectivity index (χ1v) is 5.45. The minimum absolute atomic E-state index is 0.00636. The molecule has 1 aromatic rings. The summed E-state index contributed by atoms with van der Waals surface area (Å²) in [6.45, 7) is 3.72. The van der Waals surface area contributed by atoms with Gasteiger partial charge in [0.25, 0.3) is 5.91 Å². The van der Waals surface area contributed by atoms with E-state index < -0.39 is 0 Å². The molecule has 0 saturated heterocycles. The fraction of sp³-hybridized carbons (Fsp3) is 0.167. The summed E-state index contributed by atoms with van der Waals surface area (Å²) in [5, 5.41) is 0. The normalized spacial score (nSPS) is 9.56. The average Bonchev–Trinajstić information content (AvgIpc) is 2.35. The zero-order chi connectivity index (χ0) is 12.0. The van der Waals surface area contributed by atoms with Crippen LogP contribution in [-0.2, 0) is 4.79 Å². The van der Waals surface area contributed by atoms with Crippen molar-refractivity contribution in [2.45, 2.75) is 0 Å². The van der Waals surface area contributed by atoms with Gasteiger partial charge >= 0.3 is 0 Å². The lowest BCUT2D eigenvalue weighted by molar-refractivity contribution is -0.125. The van der Waals surface area contributed by atoms with Gasteiger partial charge in [-0.1, -0.05) is 24.3 Å². The van der Waals surface area contributed by atoms with Crippen molar-refractivity contribution >= 4 is 24.4 Å². The average molecular weight is 235 g/mol. The van der Waals surface area contributed by atoms with Crippen molar-refractivity contribution in [3.8, 4) is 0 Å². The van der Waals surface area contributed by atoms with Gasteiger partial charge in [-0.15, -0.1) is 6.58 Å². The Morgan fingerprint density at radius 2 is 1.94 bits per heavy atom. The van der Waals surface area contributed by atoms with Crippen LogP contribution in [0.25, 0.3) is 0 Å². The summed E-state index contributed by atoms with van der Waals surface area (Å²) in [5.74, 6) is -0.636. The lowest BCUT2D eigenvalue weighted by Crippen LogP contribution is -2.37. The van der Waals surface area contributed by atoms with Gasteiger partial charge < -0.3 is 0 Å². The Morgan fingerprint density at radius 3 is 2.44 bits per heavy atom. The Labute approximate surface area is 100 Å². The van der Waals surface area contributed by atoms with E-state index in [1.54, 1.807) is 24.3 Å². The highest BCUT2D eigenvalue weighted by Crippen LogP contribution is 2.05. The third kappa shape index (κ3) is 2.97. The van der Waals surface area contributed by atoms with E-state index in [1.807, 2.05) is 6.07 Å². The number of thiol groups is 1. The molecule has 0 aromatic heterocycles. The van der Waals surface area contributed by atoms with Crippen LogP contribution in [0.1, 0.15) is 10.4 Å². The molecule has 0 spiro atoms. The summed E-state index contributed by atoms with van der Waals surface area (Å²) in [5.41, 5.74) is 0.486. The standard InChI is InChI=1S/C12H13NO2S/c1-2-8-13(11(14)9-16)12(15)10-6-4-3-5-7-10/h2-7,16H,1,8-9H2. The van der Waals surface area contributed by atoms with E-state index in [-0.39, 0.29) is 24.1 Å². The number of hydrogen-bond donors (Lipinski definition) is 1. The maximum absolute atomic E-state index is 12.0. The molecule has 0 unspecified atom stereocenters. The Kier molecular flexibility index (Phi) is 4.79. The summed E-state index contributed by atoms with van der Waals surface area (Å²) in [4.78, 5) is 24.6. The van der Waals surface area contributed by atoms with Crippen LogP contribution in [0.5, 0.6) is 0 Å². The van der Waals surface area contributed by atoms with Crippen molar-refractivity contribution in [1.29, 1.82) is 0 Å². The van der Waals surface area contributed by atoms with Gasteiger partial charge in [0.15, 0.2) is 0 Å². The molecular weight excluding hydrogens is 222 g/mol. The number of rotatable bonds is 4. The molecule has 0 N–H and O–H groups in total. The molecule has 0 fully saturated rings. The molecule has 0 radical (unpaired) electrons. The van der Waals surface area contributed by atoms with E-state index in [0.717, 1.165) is 4.90 Å². The molecule has 84 valence electrons. The molecule has 0 aliphatic heterocycles. The van der Waals surface area contributed by atoms with Gasteiger partial charge in [0.1, 0.15) is 0 Å². The minimum Gasteiger partial charge on any atom is -0.274 e. The molecule has 4 heteroatoms. The molecule has 1 aromatic carbocycles. The third-order valence-corrected chi connectivity index (χ3v) is 2.28. The quantitative estimate of drug-likeness (QED) is 0.638. The second kappa shape index (κ2) is 6.12. The Bertz CT molecular complexity index is 389. The second-order valence-electron chi connectivity index (χ2n) is 3.12. The van der Waals surface area contributed by atoms with Gasteiger partial charge in [0.2, 0.25) is 5.91 Å². The van der Waals surface area contributed by atoms with Crippen LogP contribution in [-0.4, -0.2) is 29.0 Å². The summed E-state index contributed by atoms with van der Waals surface area (Å²) in [6, 6.07) is 8.67. The Hall–Kier alpha value is -1.55. The molecule has 1 rings (SSSR count). The smallest absolute Gasteiger partial charge is 0.260 e. The predicted octanol–water partition coefficient (Wildman–Crippen LogP) is 1.77. The molecule has 0 saturated carbocycles. The van der Waals surface area contributed by atoms with Gasteiger partial charge in [-0.05, 0) is 12.1 Å². The first kappa shape index (κ1) is 12.5. The van der Waals surface area contributed by atoms with Gasteiger partial charge in [0.05, 0.1) is 5.75 Å². The van der Waals surface area contributed by atoms with Crippen LogP contribution in [0.2, 0.25) is 0 Å². The van der Waals surface area contributed by atoms with E-state index in [0.29, 0.717) is 5.56 Å². The highest BCUT2D eigenvalue weighted by atomic mass is 32.1. The molecule has 2 amide bonds. The molecule has 0 aliphatic carbocycles. The Balaban J connectivity index is 2.91. The SMILES string of the molecule is C=CCN(C(=O)CS)C(=O)c1ccccc1. The zero-order valence-electron chi connectivity index (χ0n) is 8.80. The van der Waals surface area contributed by atoms with Crippen LogP contribution in [0.4, 0.5) is 0 Å². The summed E-state index contributed by atoms with van der Waals surface area (Å²) < 4.78 is 0. The van der Waals surface area contributed by atoms with Crippen molar-refractivity contribution in [1.82, 2.24) is 4.90 Å². The Morgan fingerprint density at radius 1 is 1.31 bits per heavy atom. The number of nitrogens with zero attached hydrogens (tertiary/aromatic N) is 1. The van der Waals surface area contributed by atoms with Crippen molar-refractivity contribution in [3.63, 3.8) is 0 Å². The maximum Gasteiger partial charge on any atom is 0.260 e. The van der Waals surface area contributed by atoms with Crippen molar-refractivity contribution in [2.75, 3.05) is 12.3 Å². The van der Waals surface area contributed by atoms with Gasteiger partial charge in [-0.2, -0.15) is 12.6 Å². The highest BCUT2D eigenvalue weighted by molar-refractivity contribution is 7.81. The highest BCUT2D eigenvalue weighted by Gasteiger charge is 2.19. The maximum atomic E-state index is 12.0. The molecule has 16 heavy (non-hydrogen) atoms. The molecular formula is C12H13NO2S. The third-order valence-electron chi connectivity index (χ3n) is 2.01. The number of benzene rings is 1. The van der Waals surface area contributed by atoms with E-state index >= 15 is 0 Å². The number of hydrogen-bond acceptors (Lipinski definition) is 3. The van der Waals surface area contributed by atoms with Gasteiger partial charge in [-0.25, -0.2) is 0 Å². The van der Waals surface area contributed by atoms with Gasteiger partial charge in [-0.3, -0.25) is 14.5 Å². The number of carbonyl (C=O) groups excluding carboxylic acids is 2. The number of imide groups is 1. The fourth-order valence-corrected chi connectivity index (χ4v) is 1.42. The topological polar surface area (TPSA) is 37.4 Å². The molecule has 0 atom stereocenters. The largest absolute Gasteiger partial charge is 0.274 e. The van der Waals surface area contributed by atoms with Crippen LogP contribution in [0.15, 0.2) is 43.0 Å². The summed E-state index contributed by atoms with van der Waals surface area (Å²) >= 11 is 3.88. The van der Waals surface area contributed by atoms with E-state index in [4.69, 9.17) is 0 Å². The van der Waals surface area contributed by atoms with Crippen LogP contribution in [0.3, 0.4) is 0 Å².